The molecule has 27 heavy (non-hydrogen) atoms. The molecule has 4 unspecified atom stereocenters. The number of rotatable bonds is 12. The van der Waals surface area contributed by atoms with Gasteiger partial charge in [0.25, 0.3) is 0 Å². The van der Waals surface area contributed by atoms with Crippen LogP contribution in [0.25, 0.3) is 0 Å². The maximum Gasteiger partial charge on any atom is 0.326 e. The van der Waals surface area contributed by atoms with Crippen LogP contribution in [0.3, 0.4) is 0 Å². The average molecular weight is 384 g/mol. The fourth-order valence-corrected chi connectivity index (χ4v) is 2.34. The molecule has 0 aliphatic carbocycles. The number of nitrogens with two attached hydrogens (primary N) is 2. The molecule has 152 valence electrons. The Morgan fingerprint density at radius 2 is 1.89 bits per heavy atom. The first-order valence-corrected chi connectivity index (χ1v) is 8.70. The van der Waals surface area contributed by atoms with E-state index >= 15 is 0 Å². The maximum atomic E-state index is 12.6. The molecule has 11 nitrogen and oxygen atoms in total. The van der Waals surface area contributed by atoms with Crippen molar-refractivity contribution < 1.29 is 24.6 Å². The lowest BCUT2D eigenvalue weighted by molar-refractivity contribution is -0.142. The van der Waals surface area contributed by atoms with Gasteiger partial charge in [0.15, 0.2) is 0 Å². The van der Waals surface area contributed by atoms with E-state index in [1.807, 2.05) is 0 Å². The summed E-state index contributed by atoms with van der Waals surface area (Å²) in [5.41, 5.74) is 11.6. The molecule has 4 atom stereocenters. The quantitative estimate of drug-likeness (QED) is 0.198. The summed E-state index contributed by atoms with van der Waals surface area (Å²) < 4.78 is 0. The third-order valence-electron chi connectivity index (χ3n) is 4.00. The largest absolute Gasteiger partial charge is 0.480 e. The number of hydrogen-bond acceptors (Lipinski definition) is 7. The van der Waals surface area contributed by atoms with E-state index in [9.17, 15) is 24.6 Å². The molecule has 0 aliphatic rings. The lowest BCUT2D eigenvalue weighted by Crippen LogP contribution is -2.57. The van der Waals surface area contributed by atoms with Crippen LogP contribution < -0.4 is 22.1 Å². The zero-order chi connectivity index (χ0) is 20.4. The van der Waals surface area contributed by atoms with Gasteiger partial charge in [0.2, 0.25) is 11.8 Å². The number of aliphatic hydroxyl groups excluding tert-OH is 1. The average Bonchev–Trinajstić information content (AvgIpc) is 3.12. The molecule has 0 saturated carbocycles. The standard InChI is InChI=1S/C16H28N6O5/c1-9(23)13(18)15(25)22-12(6-10-7-19-8-20-10)14(24)21-11(16(26)27)4-2-3-5-17/h7-9,11-13,23H,2-6,17-18H2,1H3,(H,19,20)(H,21,24)(H,22,25)(H,26,27). The number of nitrogens with zero attached hydrogens (tertiary/aromatic N) is 1. The summed E-state index contributed by atoms with van der Waals surface area (Å²) in [6.07, 6.45) is 3.24. The topological polar surface area (TPSA) is 196 Å². The van der Waals surface area contributed by atoms with Gasteiger partial charge in [-0.3, -0.25) is 9.59 Å². The number of hydrogen-bond donors (Lipinski definition) is 7. The van der Waals surface area contributed by atoms with Crippen LogP contribution in [0, 0.1) is 0 Å². The highest BCUT2D eigenvalue weighted by Crippen LogP contribution is 2.05. The van der Waals surface area contributed by atoms with E-state index < -0.39 is 42.0 Å². The van der Waals surface area contributed by atoms with E-state index in [0.717, 1.165) is 0 Å². The van der Waals surface area contributed by atoms with E-state index in [1.165, 1.54) is 19.4 Å². The molecular weight excluding hydrogens is 356 g/mol. The van der Waals surface area contributed by atoms with Gasteiger partial charge in [-0.1, -0.05) is 0 Å². The number of carbonyl (C=O) groups excluding carboxylic acids is 2. The van der Waals surface area contributed by atoms with Gasteiger partial charge in [0, 0.05) is 18.3 Å². The number of imidazole rings is 1. The summed E-state index contributed by atoms with van der Waals surface area (Å²) in [5.74, 6) is -2.57. The number of carboxylic acid groups (broad SMARTS) is 1. The van der Waals surface area contributed by atoms with Crippen LogP contribution in [0.15, 0.2) is 12.5 Å². The zero-order valence-electron chi connectivity index (χ0n) is 15.2. The molecule has 0 fully saturated rings. The Balaban J connectivity index is 2.84. The normalized spacial score (nSPS) is 15.4. The number of carboxylic acids is 1. The molecule has 1 rings (SSSR count). The van der Waals surface area contributed by atoms with Crippen LogP contribution >= 0.6 is 0 Å². The minimum absolute atomic E-state index is 0.0548. The molecule has 0 saturated heterocycles. The van der Waals surface area contributed by atoms with Gasteiger partial charge in [-0.2, -0.15) is 0 Å². The predicted molar refractivity (Wildman–Crippen MR) is 96.4 cm³/mol. The van der Waals surface area contributed by atoms with Gasteiger partial charge in [0.1, 0.15) is 18.1 Å². The number of aromatic nitrogens is 2. The lowest BCUT2D eigenvalue weighted by atomic mass is 10.1. The molecular formula is C16H28N6O5. The van der Waals surface area contributed by atoms with Gasteiger partial charge in [-0.25, -0.2) is 9.78 Å². The monoisotopic (exact) mass is 384 g/mol. The van der Waals surface area contributed by atoms with Gasteiger partial charge >= 0.3 is 5.97 Å². The minimum atomic E-state index is -1.22. The van der Waals surface area contributed by atoms with Crippen molar-refractivity contribution in [1.82, 2.24) is 20.6 Å². The number of H-pyrrole nitrogens is 1. The van der Waals surface area contributed by atoms with E-state index in [0.29, 0.717) is 25.1 Å². The molecule has 1 aromatic heterocycles. The molecule has 0 spiro atoms. The Hall–Kier alpha value is -2.50. The van der Waals surface area contributed by atoms with Crippen molar-refractivity contribution in [3.8, 4) is 0 Å². The van der Waals surface area contributed by atoms with Crippen LogP contribution in [-0.2, 0) is 20.8 Å². The van der Waals surface area contributed by atoms with Crippen LogP contribution in [0.1, 0.15) is 31.9 Å². The van der Waals surface area contributed by atoms with Crippen molar-refractivity contribution in [2.45, 2.75) is 56.8 Å². The highest BCUT2D eigenvalue weighted by molar-refractivity contribution is 5.92. The number of unbranched alkanes of at least 4 members (excludes halogenated alkanes) is 1. The van der Waals surface area contributed by atoms with Crippen molar-refractivity contribution in [2.24, 2.45) is 11.5 Å². The molecule has 0 aromatic carbocycles. The molecule has 9 N–H and O–H groups in total. The maximum absolute atomic E-state index is 12.6. The van der Waals surface area contributed by atoms with Crippen molar-refractivity contribution >= 4 is 17.8 Å². The van der Waals surface area contributed by atoms with Crippen LogP contribution in [-0.4, -0.2) is 68.7 Å². The van der Waals surface area contributed by atoms with Crippen molar-refractivity contribution in [3.63, 3.8) is 0 Å². The number of aromatic amines is 1. The second-order valence-electron chi connectivity index (χ2n) is 6.29. The number of aliphatic hydroxyl groups is 1. The van der Waals surface area contributed by atoms with Crippen LogP contribution in [0.2, 0.25) is 0 Å². The summed E-state index contributed by atoms with van der Waals surface area (Å²) in [4.78, 5) is 42.8. The second-order valence-corrected chi connectivity index (χ2v) is 6.29. The van der Waals surface area contributed by atoms with E-state index in [1.54, 1.807) is 0 Å². The summed E-state index contributed by atoms with van der Waals surface area (Å²) in [7, 11) is 0. The van der Waals surface area contributed by atoms with Crippen molar-refractivity contribution in [2.75, 3.05) is 6.54 Å². The summed E-state index contributed by atoms with van der Waals surface area (Å²) in [6.45, 7) is 1.78. The third-order valence-corrected chi connectivity index (χ3v) is 4.00. The van der Waals surface area contributed by atoms with Gasteiger partial charge < -0.3 is 37.3 Å². The second kappa shape index (κ2) is 11.3. The first-order valence-electron chi connectivity index (χ1n) is 8.70. The Morgan fingerprint density at radius 1 is 1.22 bits per heavy atom. The molecule has 1 heterocycles. The molecule has 1 aromatic rings. The van der Waals surface area contributed by atoms with Gasteiger partial charge in [0.05, 0.1) is 12.4 Å². The van der Waals surface area contributed by atoms with Crippen LogP contribution in [0.5, 0.6) is 0 Å². The SMILES string of the molecule is CC(O)C(N)C(=O)NC(Cc1cnc[nH]1)C(=O)NC(CCCCN)C(=O)O. The number of aliphatic carboxylic acids is 1. The van der Waals surface area contributed by atoms with E-state index in [2.05, 4.69) is 20.6 Å². The summed E-state index contributed by atoms with van der Waals surface area (Å²) in [5, 5.41) is 23.6. The highest BCUT2D eigenvalue weighted by Gasteiger charge is 2.29. The van der Waals surface area contributed by atoms with E-state index in [4.69, 9.17) is 11.5 Å². The molecule has 0 radical (unpaired) electrons. The molecule has 11 heteroatoms. The third kappa shape index (κ3) is 7.72. The summed E-state index contributed by atoms with van der Waals surface area (Å²) in [6, 6.07) is -3.41. The Labute approximate surface area is 156 Å². The number of amides is 2. The van der Waals surface area contributed by atoms with Crippen LogP contribution in [0.4, 0.5) is 0 Å². The van der Waals surface area contributed by atoms with Gasteiger partial charge in [-0.15, -0.1) is 0 Å². The first-order chi connectivity index (χ1) is 12.8. The van der Waals surface area contributed by atoms with Gasteiger partial charge in [-0.05, 0) is 32.7 Å². The number of carbonyl (C=O) groups is 3. The highest BCUT2D eigenvalue weighted by atomic mass is 16.4. The van der Waals surface area contributed by atoms with Crippen molar-refractivity contribution in [1.29, 1.82) is 0 Å². The molecule has 2 amide bonds. The smallest absolute Gasteiger partial charge is 0.326 e. The molecule has 0 bridgehead atoms. The Kier molecular flexibility index (Phi) is 9.40. The van der Waals surface area contributed by atoms with Crippen molar-refractivity contribution in [3.05, 3.63) is 18.2 Å². The lowest BCUT2D eigenvalue weighted by Gasteiger charge is -2.23. The minimum Gasteiger partial charge on any atom is -0.480 e. The first kappa shape index (κ1) is 22.5. The summed E-state index contributed by atoms with van der Waals surface area (Å²) >= 11 is 0. The molecule has 0 aliphatic heterocycles. The fourth-order valence-electron chi connectivity index (χ4n) is 2.34. The Bertz CT molecular complexity index is 606. The number of nitrogens with one attached hydrogen (secondary N) is 3. The fraction of sp³-hybridized carbons (Fsp3) is 0.625. The van der Waals surface area contributed by atoms with E-state index in [-0.39, 0.29) is 12.8 Å². The Morgan fingerprint density at radius 3 is 2.41 bits per heavy atom. The zero-order valence-corrected chi connectivity index (χ0v) is 15.2. The predicted octanol–water partition coefficient (Wildman–Crippen LogP) is -2.16.